The average molecular weight is 426 g/mol. The Kier molecular flexibility index (Phi) is 12.7. The Hall–Kier alpha value is -1.57. The highest BCUT2D eigenvalue weighted by molar-refractivity contribution is 7.97. The highest BCUT2D eigenvalue weighted by Gasteiger charge is 2.26. The molecular weight excluding hydrogens is 389 g/mol. The van der Waals surface area contributed by atoms with Crippen LogP contribution in [0.15, 0.2) is 46.7 Å². The molecule has 29 heavy (non-hydrogen) atoms. The second kappa shape index (κ2) is 14.4. The molecule has 3 N–H and O–H groups in total. The summed E-state index contributed by atoms with van der Waals surface area (Å²) in [5.41, 5.74) is 0.710. The van der Waals surface area contributed by atoms with Crippen molar-refractivity contribution in [3.05, 3.63) is 41.8 Å². The Bertz CT molecular complexity index is 637. The zero-order chi connectivity index (χ0) is 21.5. The number of likely N-dealkylation sites (N-methyl/N-ethyl adjacent to an activating group) is 1. The summed E-state index contributed by atoms with van der Waals surface area (Å²) in [6.45, 7) is 7.53. The average Bonchev–Trinajstić information content (AvgIpc) is 2.73. The molecule has 1 atom stereocenters. The smallest absolute Gasteiger partial charge is 0.213 e. The third-order valence-electron chi connectivity index (χ3n) is 4.88. The van der Waals surface area contributed by atoms with Crippen LogP contribution in [0.2, 0.25) is 0 Å². The van der Waals surface area contributed by atoms with E-state index in [2.05, 4.69) is 28.9 Å². The van der Waals surface area contributed by atoms with Crippen molar-refractivity contribution in [1.82, 2.24) is 15.0 Å². The van der Waals surface area contributed by atoms with Crippen LogP contribution in [0.1, 0.15) is 46.5 Å². The number of nitrogens with zero attached hydrogens (tertiary/aromatic N) is 1. The van der Waals surface area contributed by atoms with E-state index in [1.807, 2.05) is 32.2 Å². The first-order chi connectivity index (χ1) is 14.0. The molecule has 1 aromatic rings. The predicted molar refractivity (Wildman–Crippen MR) is 120 cm³/mol. The van der Waals surface area contributed by atoms with Crippen LogP contribution in [-0.4, -0.2) is 43.5 Å². The first kappa shape index (κ1) is 25.5. The number of aliphatic hydroxyl groups is 1. The zero-order valence-corrected chi connectivity index (χ0v) is 18.9. The molecule has 0 aromatic carbocycles. The Morgan fingerprint density at radius 2 is 2.14 bits per heavy atom. The minimum atomic E-state index is -0.499. The topological polar surface area (TPSA) is 66.4 Å². The molecular formula is C22H36FN3O2S. The molecule has 0 saturated carbocycles. The van der Waals surface area contributed by atoms with Crippen LogP contribution in [-0.2, 0) is 0 Å². The first-order valence-corrected chi connectivity index (χ1v) is 11.1. The number of hydrogen-bond donors (Lipinski definition) is 3. The maximum absolute atomic E-state index is 12.5. The second-order valence-corrected chi connectivity index (χ2v) is 8.14. The van der Waals surface area contributed by atoms with Crippen LogP contribution in [0.3, 0.4) is 0 Å². The minimum absolute atomic E-state index is 0.147. The molecule has 0 bridgehead atoms. The summed E-state index contributed by atoms with van der Waals surface area (Å²) in [6, 6.07) is 3.76. The molecule has 1 heterocycles. The van der Waals surface area contributed by atoms with Crippen molar-refractivity contribution in [2.75, 3.05) is 33.4 Å². The normalized spacial score (nSPS) is 14.7. The number of alkyl halides is 1. The number of aromatic nitrogens is 1. The van der Waals surface area contributed by atoms with Gasteiger partial charge in [-0.15, -0.1) is 0 Å². The molecule has 0 amide bonds. The van der Waals surface area contributed by atoms with Gasteiger partial charge in [0.15, 0.2) is 0 Å². The van der Waals surface area contributed by atoms with Gasteiger partial charge in [-0.05, 0) is 68.5 Å². The predicted octanol–water partition coefficient (Wildman–Crippen LogP) is 5.22. The number of pyridine rings is 1. The standard InChI is InChI=1S/C22H36FN3O2S/c1-5-8-20(27)22(3,6-2)12-7-14-26-29-19-9-10-21(25-16-19)28-17-18(11-13-23)15-24-4/h8-11,16,24,26-27H,5-7,12-15,17H2,1-4H3/b18-11-,20-8-. The van der Waals surface area contributed by atoms with Gasteiger partial charge < -0.3 is 15.2 Å². The number of allylic oxidation sites excluding steroid dienone is 3. The largest absolute Gasteiger partial charge is 0.512 e. The minimum Gasteiger partial charge on any atom is -0.512 e. The third-order valence-corrected chi connectivity index (χ3v) is 5.70. The quantitative estimate of drug-likeness (QED) is 0.155. The number of aliphatic hydroxyl groups excluding tert-OH is 1. The van der Waals surface area contributed by atoms with E-state index in [1.165, 1.54) is 18.0 Å². The molecule has 0 aliphatic heterocycles. The third kappa shape index (κ3) is 9.65. The Balaban J connectivity index is 2.37. The van der Waals surface area contributed by atoms with E-state index in [4.69, 9.17) is 4.74 Å². The summed E-state index contributed by atoms with van der Waals surface area (Å²) in [6.07, 6.45) is 8.88. The maximum atomic E-state index is 12.5. The summed E-state index contributed by atoms with van der Waals surface area (Å²) in [4.78, 5) is 5.30. The summed E-state index contributed by atoms with van der Waals surface area (Å²) in [5.74, 6) is 1.03. The van der Waals surface area contributed by atoms with E-state index < -0.39 is 6.67 Å². The van der Waals surface area contributed by atoms with Gasteiger partial charge in [0.25, 0.3) is 0 Å². The summed E-state index contributed by atoms with van der Waals surface area (Å²) >= 11 is 1.53. The Morgan fingerprint density at radius 3 is 2.72 bits per heavy atom. The summed E-state index contributed by atoms with van der Waals surface area (Å²) < 4.78 is 21.4. The molecule has 0 radical (unpaired) electrons. The first-order valence-electron chi connectivity index (χ1n) is 10.3. The molecule has 0 spiro atoms. The molecule has 0 saturated heterocycles. The van der Waals surface area contributed by atoms with Crippen LogP contribution in [0, 0.1) is 5.41 Å². The zero-order valence-electron chi connectivity index (χ0n) is 18.1. The fourth-order valence-corrected chi connectivity index (χ4v) is 3.46. The van der Waals surface area contributed by atoms with Crippen molar-refractivity contribution >= 4 is 11.9 Å². The molecule has 1 unspecified atom stereocenters. The van der Waals surface area contributed by atoms with Crippen molar-refractivity contribution in [3.63, 3.8) is 0 Å². The van der Waals surface area contributed by atoms with E-state index >= 15 is 0 Å². The highest BCUT2D eigenvalue weighted by Crippen LogP contribution is 2.34. The number of rotatable bonds is 15. The molecule has 0 fully saturated rings. The molecule has 1 rings (SSSR count). The SMILES string of the molecule is CC/C=C(\O)C(C)(CC)CCCNSc1ccc(OC/C(=C\CF)CNC)nc1. The lowest BCUT2D eigenvalue weighted by Crippen LogP contribution is -2.20. The Morgan fingerprint density at radius 1 is 1.34 bits per heavy atom. The lowest BCUT2D eigenvalue weighted by atomic mass is 9.80. The molecule has 0 aliphatic rings. The van der Waals surface area contributed by atoms with Crippen molar-refractivity contribution < 1.29 is 14.2 Å². The van der Waals surface area contributed by atoms with Gasteiger partial charge in [0.1, 0.15) is 13.3 Å². The second-order valence-electron chi connectivity index (χ2n) is 7.18. The van der Waals surface area contributed by atoms with Crippen LogP contribution in [0.5, 0.6) is 5.88 Å². The molecule has 0 aliphatic carbocycles. The van der Waals surface area contributed by atoms with Gasteiger partial charge in [0.2, 0.25) is 5.88 Å². The van der Waals surface area contributed by atoms with Gasteiger partial charge in [-0.3, -0.25) is 4.72 Å². The van der Waals surface area contributed by atoms with Gasteiger partial charge in [-0.25, -0.2) is 9.37 Å². The van der Waals surface area contributed by atoms with Crippen molar-refractivity contribution in [2.24, 2.45) is 5.41 Å². The van der Waals surface area contributed by atoms with E-state index in [0.29, 0.717) is 24.8 Å². The number of nitrogens with one attached hydrogen (secondary N) is 2. The van der Waals surface area contributed by atoms with Crippen LogP contribution in [0.4, 0.5) is 4.39 Å². The molecule has 1 aromatic heterocycles. The van der Waals surface area contributed by atoms with E-state index in [9.17, 15) is 9.50 Å². The fraction of sp³-hybridized carbons (Fsp3) is 0.591. The summed E-state index contributed by atoms with van der Waals surface area (Å²) in [7, 11) is 1.82. The van der Waals surface area contributed by atoms with Crippen molar-refractivity contribution in [3.8, 4) is 5.88 Å². The highest BCUT2D eigenvalue weighted by atomic mass is 32.2. The Labute approximate surface area is 179 Å². The van der Waals surface area contributed by atoms with Gasteiger partial charge in [0, 0.05) is 35.7 Å². The number of hydrogen-bond acceptors (Lipinski definition) is 6. The fourth-order valence-electron chi connectivity index (χ4n) is 2.81. The number of halogens is 1. The van der Waals surface area contributed by atoms with Crippen molar-refractivity contribution in [1.29, 1.82) is 0 Å². The van der Waals surface area contributed by atoms with Crippen LogP contribution in [0.25, 0.3) is 0 Å². The van der Waals surface area contributed by atoms with Gasteiger partial charge in [-0.1, -0.05) is 20.8 Å². The maximum Gasteiger partial charge on any atom is 0.213 e. The monoisotopic (exact) mass is 425 g/mol. The van der Waals surface area contributed by atoms with Crippen LogP contribution >= 0.6 is 11.9 Å². The number of ether oxygens (including phenoxy) is 1. The molecule has 7 heteroatoms. The van der Waals surface area contributed by atoms with Gasteiger partial charge >= 0.3 is 0 Å². The van der Waals surface area contributed by atoms with Crippen LogP contribution < -0.4 is 14.8 Å². The summed E-state index contributed by atoms with van der Waals surface area (Å²) in [5, 5.41) is 13.2. The van der Waals surface area contributed by atoms with E-state index in [1.54, 1.807) is 6.20 Å². The van der Waals surface area contributed by atoms with Gasteiger partial charge in [-0.2, -0.15) is 0 Å². The van der Waals surface area contributed by atoms with E-state index in [0.717, 1.165) is 42.7 Å². The molecule has 164 valence electrons. The van der Waals surface area contributed by atoms with E-state index in [-0.39, 0.29) is 5.41 Å². The van der Waals surface area contributed by atoms with Gasteiger partial charge in [0.05, 0.1) is 5.76 Å². The lowest BCUT2D eigenvalue weighted by Gasteiger charge is -2.27. The molecule has 5 nitrogen and oxygen atoms in total. The lowest BCUT2D eigenvalue weighted by molar-refractivity contribution is 0.211. The van der Waals surface area contributed by atoms with Crippen molar-refractivity contribution in [2.45, 2.75) is 51.3 Å².